The van der Waals surface area contributed by atoms with Gasteiger partial charge in [-0.1, -0.05) is 35.9 Å². The molecule has 2 aromatic rings. The van der Waals surface area contributed by atoms with Gasteiger partial charge in [0.15, 0.2) is 0 Å². The molecule has 1 aromatic carbocycles. The summed E-state index contributed by atoms with van der Waals surface area (Å²) in [4.78, 5) is 16.1. The van der Waals surface area contributed by atoms with Crippen LogP contribution in [0.3, 0.4) is 0 Å². The van der Waals surface area contributed by atoms with Gasteiger partial charge in [-0.05, 0) is 24.6 Å². The number of nitrogens with zero attached hydrogens (tertiary/aromatic N) is 1. The number of hydrogen-bond acceptors (Lipinski definition) is 3. The standard InChI is InChI=1S/C16H18N2O2/c1-12-6-8-13(9-7-12)16(18-15(19)11-20-2)14-5-3-4-10-17-14/h3-10,16H,11H2,1-2H3,(H,18,19)/t16-/m1/s1. The zero-order chi connectivity index (χ0) is 14.4. The molecule has 1 N–H and O–H groups in total. The molecule has 0 bridgehead atoms. The van der Waals surface area contributed by atoms with Crippen molar-refractivity contribution in [2.45, 2.75) is 13.0 Å². The molecule has 0 unspecified atom stereocenters. The van der Waals surface area contributed by atoms with E-state index in [2.05, 4.69) is 10.3 Å². The number of ether oxygens (including phenoxy) is 1. The number of carbonyl (C=O) groups is 1. The smallest absolute Gasteiger partial charge is 0.246 e. The summed E-state index contributed by atoms with van der Waals surface area (Å²) >= 11 is 0. The summed E-state index contributed by atoms with van der Waals surface area (Å²) in [6.07, 6.45) is 1.72. The van der Waals surface area contributed by atoms with Gasteiger partial charge in [-0.2, -0.15) is 0 Å². The van der Waals surface area contributed by atoms with Crippen molar-refractivity contribution in [3.05, 3.63) is 65.5 Å². The van der Waals surface area contributed by atoms with Crippen LogP contribution in [0, 0.1) is 6.92 Å². The van der Waals surface area contributed by atoms with Crippen molar-refractivity contribution in [3.8, 4) is 0 Å². The van der Waals surface area contributed by atoms with Crippen molar-refractivity contribution in [1.29, 1.82) is 0 Å². The van der Waals surface area contributed by atoms with E-state index in [4.69, 9.17) is 4.74 Å². The van der Waals surface area contributed by atoms with Crippen molar-refractivity contribution >= 4 is 5.91 Å². The number of aromatic nitrogens is 1. The summed E-state index contributed by atoms with van der Waals surface area (Å²) in [6.45, 7) is 2.07. The first kappa shape index (κ1) is 14.2. The number of hydrogen-bond donors (Lipinski definition) is 1. The number of pyridine rings is 1. The SMILES string of the molecule is COCC(=O)N[C@H](c1ccc(C)cc1)c1ccccn1. The molecular formula is C16H18N2O2. The van der Waals surface area contributed by atoms with Gasteiger partial charge in [-0.25, -0.2) is 0 Å². The van der Waals surface area contributed by atoms with Gasteiger partial charge in [0.1, 0.15) is 6.61 Å². The topological polar surface area (TPSA) is 51.2 Å². The van der Waals surface area contributed by atoms with Crippen LogP contribution in [0.1, 0.15) is 22.9 Å². The van der Waals surface area contributed by atoms with Gasteiger partial charge in [-0.15, -0.1) is 0 Å². The van der Waals surface area contributed by atoms with Crippen LogP contribution in [0.25, 0.3) is 0 Å². The fourth-order valence-corrected chi connectivity index (χ4v) is 1.97. The molecular weight excluding hydrogens is 252 g/mol. The third-order valence-corrected chi connectivity index (χ3v) is 2.97. The number of amides is 1. The van der Waals surface area contributed by atoms with Crippen LogP contribution in [-0.2, 0) is 9.53 Å². The molecule has 0 spiro atoms. The molecule has 0 aliphatic heterocycles. The third-order valence-electron chi connectivity index (χ3n) is 2.97. The van der Waals surface area contributed by atoms with E-state index in [0.29, 0.717) is 0 Å². The molecule has 2 rings (SSSR count). The molecule has 0 saturated heterocycles. The van der Waals surface area contributed by atoms with E-state index in [1.54, 1.807) is 6.20 Å². The van der Waals surface area contributed by atoms with E-state index in [1.165, 1.54) is 12.7 Å². The molecule has 1 amide bonds. The average Bonchev–Trinajstić information content (AvgIpc) is 2.47. The third kappa shape index (κ3) is 3.65. The highest BCUT2D eigenvalue weighted by Gasteiger charge is 2.17. The lowest BCUT2D eigenvalue weighted by molar-refractivity contribution is -0.125. The number of rotatable bonds is 5. The molecule has 1 aromatic heterocycles. The Labute approximate surface area is 118 Å². The minimum atomic E-state index is -0.264. The zero-order valence-corrected chi connectivity index (χ0v) is 11.7. The Hall–Kier alpha value is -2.20. The van der Waals surface area contributed by atoms with E-state index < -0.39 is 0 Å². The summed E-state index contributed by atoms with van der Waals surface area (Å²) in [5.74, 6) is -0.163. The molecule has 4 heteroatoms. The fraction of sp³-hybridized carbons (Fsp3) is 0.250. The molecule has 104 valence electrons. The van der Waals surface area contributed by atoms with E-state index >= 15 is 0 Å². The van der Waals surface area contributed by atoms with Gasteiger partial charge in [0.2, 0.25) is 5.91 Å². The number of carbonyl (C=O) groups excluding carboxylic acids is 1. The largest absolute Gasteiger partial charge is 0.375 e. The highest BCUT2D eigenvalue weighted by atomic mass is 16.5. The number of methoxy groups -OCH3 is 1. The summed E-state index contributed by atoms with van der Waals surface area (Å²) in [5, 5.41) is 2.94. The Morgan fingerprint density at radius 3 is 2.60 bits per heavy atom. The van der Waals surface area contributed by atoms with Crippen molar-refractivity contribution < 1.29 is 9.53 Å². The predicted octanol–water partition coefficient (Wildman–Crippen LogP) is 2.24. The van der Waals surface area contributed by atoms with Crippen molar-refractivity contribution in [3.63, 3.8) is 0 Å². The molecule has 20 heavy (non-hydrogen) atoms. The molecule has 0 fully saturated rings. The Balaban J connectivity index is 2.29. The van der Waals surface area contributed by atoms with Crippen LogP contribution in [0.4, 0.5) is 0 Å². The van der Waals surface area contributed by atoms with Crippen LogP contribution in [0.15, 0.2) is 48.7 Å². The maximum Gasteiger partial charge on any atom is 0.246 e. The average molecular weight is 270 g/mol. The molecule has 0 radical (unpaired) electrons. The van der Waals surface area contributed by atoms with Crippen LogP contribution >= 0.6 is 0 Å². The maximum atomic E-state index is 11.8. The second-order valence-corrected chi connectivity index (χ2v) is 4.60. The first-order valence-electron chi connectivity index (χ1n) is 6.46. The van der Waals surface area contributed by atoms with Crippen LogP contribution < -0.4 is 5.32 Å². The van der Waals surface area contributed by atoms with E-state index in [1.807, 2.05) is 49.4 Å². The normalized spacial score (nSPS) is 11.9. The van der Waals surface area contributed by atoms with Crippen molar-refractivity contribution in [2.24, 2.45) is 0 Å². The lowest BCUT2D eigenvalue weighted by atomic mass is 10.0. The Morgan fingerprint density at radius 1 is 1.25 bits per heavy atom. The monoisotopic (exact) mass is 270 g/mol. The number of nitrogens with one attached hydrogen (secondary N) is 1. The molecule has 1 atom stereocenters. The van der Waals surface area contributed by atoms with Crippen LogP contribution in [0.2, 0.25) is 0 Å². The summed E-state index contributed by atoms with van der Waals surface area (Å²) < 4.78 is 4.86. The van der Waals surface area contributed by atoms with Gasteiger partial charge < -0.3 is 10.1 Å². The predicted molar refractivity (Wildman–Crippen MR) is 77.3 cm³/mol. The lowest BCUT2D eigenvalue weighted by Gasteiger charge is -2.19. The van der Waals surface area contributed by atoms with Gasteiger partial charge in [-0.3, -0.25) is 9.78 Å². The quantitative estimate of drug-likeness (QED) is 0.906. The zero-order valence-electron chi connectivity index (χ0n) is 11.7. The molecule has 1 heterocycles. The number of aryl methyl sites for hydroxylation is 1. The van der Waals surface area contributed by atoms with Gasteiger partial charge in [0.25, 0.3) is 0 Å². The van der Waals surface area contributed by atoms with Crippen molar-refractivity contribution in [1.82, 2.24) is 10.3 Å². The fourth-order valence-electron chi connectivity index (χ4n) is 1.97. The highest BCUT2D eigenvalue weighted by molar-refractivity contribution is 5.78. The van der Waals surface area contributed by atoms with Gasteiger partial charge >= 0.3 is 0 Å². The maximum absolute atomic E-state index is 11.8. The van der Waals surface area contributed by atoms with Crippen LogP contribution in [0.5, 0.6) is 0 Å². The highest BCUT2D eigenvalue weighted by Crippen LogP contribution is 2.20. The molecule has 0 saturated carbocycles. The molecule has 0 aliphatic rings. The second kappa shape index (κ2) is 6.82. The molecule has 4 nitrogen and oxygen atoms in total. The summed E-state index contributed by atoms with van der Waals surface area (Å²) in [6, 6.07) is 13.4. The van der Waals surface area contributed by atoms with E-state index in [-0.39, 0.29) is 18.6 Å². The second-order valence-electron chi connectivity index (χ2n) is 4.60. The van der Waals surface area contributed by atoms with Gasteiger partial charge in [0.05, 0.1) is 11.7 Å². The van der Waals surface area contributed by atoms with E-state index in [0.717, 1.165) is 11.3 Å². The van der Waals surface area contributed by atoms with Crippen LogP contribution in [-0.4, -0.2) is 24.6 Å². The minimum absolute atomic E-state index is 0.0369. The van der Waals surface area contributed by atoms with Crippen molar-refractivity contribution in [2.75, 3.05) is 13.7 Å². The first-order valence-corrected chi connectivity index (χ1v) is 6.46. The Kier molecular flexibility index (Phi) is 4.85. The summed E-state index contributed by atoms with van der Waals surface area (Å²) in [7, 11) is 1.50. The lowest BCUT2D eigenvalue weighted by Crippen LogP contribution is -2.32. The number of benzene rings is 1. The Morgan fingerprint density at radius 2 is 2.00 bits per heavy atom. The Bertz CT molecular complexity index is 552. The summed E-state index contributed by atoms with van der Waals surface area (Å²) in [5.41, 5.74) is 2.98. The molecule has 0 aliphatic carbocycles. The minimum Gasteiger partial charge on any atom is -0.375 e. The first-order chi connectivity index (χ1) is 9.70. The van der Waals surface area contributed by atoms with Gasteiger partial charge in [0, 0.05) is 13.3 Å². The van der Waals surface area contributed by atoms with E-state index in [9.17, 15) is 4.79 Å².